The number of rotatable bonds is 2. The molecule has 2 fully saturated rings. The first-order chi connectivity index (χ1) is 9.53. The molecule has 1 aliphatic carbocycles. The van der Waals surface area contributed by atoms with E-state index in [0.717, 1.165) is 37.8 Å². The number of hydrogen-bond acceptors (Lipinski definition) is 2. The van der Waals surface area contributed by atoms with Gasteiger partial charge in [0.2, 0.25) is 5.91 Å². The Hall–Kier alpha value is -0.770. The maximum atomic E-state index is 12.9. The van der Waals surface area contributed by atoms with Gasteiger partial charge in [-0.2, -0.15) is 0 Å². The Balaban J connectivity index is 1.90. The van der Waals surface area contributed by atoms with Crippen LogP contribution in [0.2, 0.25) is 10.0 Å². The number of nitrogens with two attached hydrogens (primary N) is 1. The molecule has 1 saturated heterocycles. The fraction of sp³-hybridized carbons (Fsp3) is 0.533. The second kappa shape index (κ2) is 5.21. The van der Waals surface area contributed by atoms with Gasteiger partial charge in [0.05, 0.1) is 15.5 Å². The molecule has 20 heavy (non-hydrogen) atoms. The van der Waals surface area contributed by atoms with Crippen molar-refractivity contribution in [1.82, 2.24) is 4.90 Å². The molecule has 1 atom stereocenters. The molecule has 1 aromatic carbocycles. The van der Waals surface area contributed by atoms with Crippen molar-refractivity contribution in [1.29, 1.82) is 0 Å². The van der Waals surface area contributed by atoms with E-state index >= 15 is 0 Å². The number of halogens is 2. The molecule has 1 amide bonds. The highest BCUT2D eigenvalue weighted by molar-refractivity contribution is 6.42. The molecule has 0 unspecified atom stereocenters. The van der Waals surface area contributed by atoms with Gasteiger partial charge in [-0.3, -0.25) is 4.79 Å². The highest BCUT2D eigenvalue weighted by Gasteiger charge is 2.48. The first-order valence-electron chi connectivity index (χ1n) is 7.03. The summed E-state index contributed by atoms with van der Waals surface area (Å²) in [5, 5.41) is 1.04. The van der Waals surface area contributed by atoms with Crippen molar-refractivity contribution in [3.8, 4) is 0 Å². The van der Waals surface area contributed by atoms with Crippen LogP contribution in [0.3, 0.4) is 0 Å². The van der Waals surface area contributed by atoms with Gasteiger partial charge in [-0.25, -0.2) is 0 Å². The summed E-state index contributed by atoms with van der Waals surface area (Å²) in [7, 11) is 0. The number of benzene rings is 1. The van der Waals surface area contributed by atoms with E-state index in [1.165, 1.54) is 0 Å². The predicted molar refractivity (Wildman–Crippen MR) is 81.2 cm³/mol. The number of nitrogens with zero attached hydrogens (tertiary/aromatic N) is 1. The van der Waals surface area contributed by atoms with E-state index in [9.17, 15) is 4.79 Å². The van der Waals surface area contributed by atoms with Gasteiger partial charge in [-0.05, 0) is 37.0 Å². The third-order valence-electron chi connectivity index (χ3n) is 4.60. The van der Waals surface area contributed by atoms with Crippen LogP contribution in [0.5, 0.6) is 0 Å². The first-order valence-corrected chi connectivity index (χ1v) is 7.79. The molecule has 108 valence electrons. The molecule has 2 aliphatic rings. The summed E-state index contributed by atoms with van der Waals surface area (Å²) in [5.41, 5.74) is 6.50. The van der Waals surface area contributed by atoms with Crippen LogP contribution >= 0.6 is 23.2 Å². The Morgan fingerprint density at radius 2 is 2.05 bits per heavy atom. The minimum Gasteiger partial charge on any atom is -0.340 e. The summed E-state index contributed by atoms with van der Waals surface area (Å²) in [5.74, 6) is 0.204. The highest BCUT2D eigenvalue weighted by atomic mass is 35.5. The third kappa shape index (κ3) is 2.22. The van der Waals surface area contributed by atoms with E-state index in [0.29, 0.717) is 16.6 Å². The van der Waals surface area contributed by atoms with Crippen molar-refractivity contribution in [2.75, 3.05) is 13.1 Å². The summed E-state index contributed by atoms with van der Waals surface area (Å²) in [6, 6.07) is 5.67. The summed E-state index contributed by atoms with van der Waals surface area (Å²) >= 11 is 12.1. The molecule has 3 rings (SSSR count). The van der Waals surface area contributed by atoms with Gasteiger partial charge >= 0.3 is 0 Å². The minimum absolute atomic E-state index is 0.116. The van der Waals surface area contributed by atoms with Crippen molar-refractivity contribution >= 4 is 29.1 Å². The molecule has 3 nitrogen and oxygen atoms in total. The lowest BCUT2D eigenvalue weighted by molar-refractivity contribution is -0.139. The van der Waals surface area contributed by atoms with Gasteiger partial charge in [0.1, 0.15) is 0 Å². The Kier molecular flexibility index (Phi) is 3.69. The summed E-state index contributed by atoms with van der Waals surface area (Å²) in [6.45, 7) is 1.44. The molecular formula is C15H18Cl2N2O. The quantitative estimate of drug-likeness (QED) is 0.912. The second-order valence-electron chi connectivity index (χ2n) is 5.86. The normalized spacial score (nSPS) is 24.6. The summed E-state index contributed by atoms with van der Waals surface area (Å²) in [4.78, 5) is 14.8. The zero-order chi connectivity index (χ0) is 14.3. The maximum Gasteiger partial charge on any atom is 0.233 e. The fourth-order valence-corrected chi connectivity index (χ4v) is 3.52. The molecule has 0 spiro atoms. The van der Waals surface area contributed by atoms with Crippen LogP contribution in [-0.4, -0.2) is 29.9 Å². The summed E-state index contributed by atoms with van der Waals surface area (Å²) < 4.78 is 0. The van der Waals surface area contributed by atoms with E-state index in [-0.39, 0.29) is 11.9 Å². The van der Waals surface area contributed by atoms with Crippen LogP contribution in [0.1, 0.15) is 31.2 Å². The van der Waals surface area contributed by atoms with Crippen LogP contribution < -0.4 is 5.73 Å². The molecule has 1 heterocycles. The molecule has 5 heteroatoms. The van der Waals surface area contributed by atoms with Crippen LogP contribution in [-0.2, 0) is 10.2 Å². The number of amides is 1. The topological polar surface area (TPSA) is 46.3 Å². The van der Waals surface area contributed by atoms with Gasteiger partial charge in [-0.15, -0.1) is 0 Å². The first kappa shape index (κ1) is 14.2. The largest absolute Gasteiger partial charge is 0.340 e. The highest BCUT2D eigenvalue weighted by Crippen LogP contribution is 2.46. The molecule has 2 N–H and O–H groups in total. The SMILES string of the molecule is N[C@@H]1CCN(C(=O)C2(c3ccc(Cl)c(Cl)c3)CCC2)C1. The monoisotopic (exact) mass is 312 g/mol. The van der Waals surface area contributed by atoms with E-state index in [1.807, 2.05) is 17.0 Å². The lowest BCUT2D eigenvalue weighted by Gasteiger charge is -2.43. The number of carbonyl (C=O) groups is 1. The summed E-state index contributed by atoms with van der Waals surface area (Å²) in [6.07, 6.45) is 3.74. The Morgan fingerprint density at radius 3 is 2.55 bits per heavy atom. The number of hydrogen-bond donors (Lipinski definition) is 1. The van der Waals surface area contributed by atoms with Gasteiger partial charge in [0.15, 0.2) is 0 Å². The molecular weight excluding hydrogens is 295 g/mol. The zero-order valence-corrected chi connectivity index (χ0v) is 12.8. The molecule has 1 aromatic rings. The molecule has 0 radical (unpaired) electrons. The molecule has 1 saturated carbocycles. The van der Waals surface area contributed by atoms with Crippen LogP contribution in [0.4, 0.5) is 0 Å². The van der Waals surface area contributed by atoms with E-state index in [1.54, 1.807) is 6.07 Å². The van der Waals surface area contributed by atoms with Crippen LogP contribution in [0.15, 0.2) is 18.2 Å². The van der Waals surface area contributed by atoms with Crippen LogP contribution in [0.25, 0.3) is 0 Å². The van der Waals surface area contributed by atoms with Crippen molar-refractivity contribution in [2.24, 2.45) is 5.73 Å². The fourth-order valence-electron chi connectivity index (χ4n) is 3.22. The standard InChI is InChI=1S/C15H18Cl2N2O/c16-12-3-2-10(8-13(12)17)15(5-1-6-15)14(20)19-7-4-11(18)9-19/h2-3,8,11H,1,4-7,9,18H2/t11-/m1/s1. The predicted octanol–water partition coefficient (Wildman–Crippen LogP) is 2.97. The van der Waals surface area contributed by atoms with Crippen LogP contribution in [0, 0.1) is 0 Å². The average Bonchev–Trinajstić information content (AvgIpc) is 2.79. The van der Waals surface area contributed by atoms with Gasteiger partial charge in [-0.1, -0.05) is 35.7 Å². The lowest BCUT2D eigenvalue weighted by Crippen LogP contribution is -2.50. The Bertz CT molecular complexity index is 543. The van der Waals surface area contributed by atoms with E-state index < -0.39 is 5.41 Å². The minimum atomic E-state index is -0.404. The second-order valence-corrected chi connectivity index (χ2v) is 6.68. The van der Waals surface area contributed by atoms with Gasteiger partial charge in [0, 0.05) is 19.1 Å². The van der Waals surface area contributed by atoms with E-state index in [4.69, 9.17) is 28.9 Å². The van der Waals surface area contributed by atoms with Gasteiger partial charge in [0.25, 0.3) is 0 Å². The van der Waals surface area contributed by atoms with Crippen molar-refractivity contribution in [3.05, 3.63) is 33.8 Å². The van der Waals surface area contributed by atoms with Crippen molar-refractivity contribution in [3.63, 3.8) is 0 Å². The van der Waals surface area contributed by atoms with Crippen molar-refractivity contribution < 1.29 is 4.79 Å². The molecule has 0 aromatic heterocycles. The van der Waals surface area contributed by atoms with E-state index in [2.05, 4.69) is 0 Å². The Labute approximate surface area is 129 Å². The number of likely N-dealkylation sites (tertiary alicyclic amines) is 1. The average molecular weight is 313 g/mol. The van der Waals surface area contributed by atoms with Gasteiger partial charge < -0.3 is 10.6 Å². The smallest absolute Gasteiger partial charge is 0.233 e. The lowest BCUT2D eigenvalue weighted by atomic mass is 9.63. The number of carbonyl (C=O) groups excluding carboxylic acids is 1. The third-order valence-corrected chi connectivity index (χ3v) is 5.34. The Morgan fingerprint density at radius 1 is 1.30 bits per heavy atom. The zero-order valence-electron chi connectivity index (χ0n) is 11.2. The van der Waals surface area contributed by atoms with Crippen molar-refractivity contribution in [2.45, 2.75) is 37.1 Å². The maximum absolute atomic E-state index is 12.9. The molecule has 1 aliphatic heterocycles. The molecule has 0 bridgehead atoms.